The molecule has 0 amide bonds. The molecule has 0 aliphatic rings. The molecule has 0 spiro atoms. The van der Waals surface area contributed by atoms with Gasteiger partial charge in [0.2, 0.25) is 0 Å². The Morgan fingerprint density at radius 3 is 2.75 bits per heavy atom. The Kier molecular flexibility index (Phi) is 1.52. The van der Waals surface area contributed by atoms with E-state index in [2.05, 4.69) is 4.98 Å². The van der Waals surface area contributed by atoms with Crippen LogP contribution in [0.5, 0.6) is 5.88 Å². The fraction of sp³-hybridized carbons (Fsp3) is 0. The quantitative estimate of drug-likeness (QED) is 0.471. The summed E-state index contributed by atoms with van der Waals surface area (Å²) in [6.45, 7) is 0. The zero-order valence-electron chi connectivity index (χ0n) is 4.66. The molecular weight excluding hydrogens is 101 g/mol. The van der Waals surface area contributed by atoms with Crippen LogP contribution in [0.2, 0.25) is 0 Å². The Balaban J connectivity index is 2.83. The van der Waals surface area contributed by atoms with E-state index in [0.29, 0.717) is 5.88 Å². The molecule has 40 valence electrons. The van der Waals surface area contributed by atoms with Crippen LogP contribution in [-0.4, -0.2) is 13.0 Å². The van der Waals surface area contributed by atoms with E-state index in [9.17, 15) is 0 Å². The van der Waals surface area contributed by atoms with Crippen molar-refractivity contribution in [1.29, 1.82) is 0 Å². The first-order valence-corrected chi connectivity index (χ1v) is 2.38. The largest absolute Gasteiger partial charge is 0.555 e. The van der Waals surface area contributed by atoms with Gasteiger partial charge < -0.3 is 4.65 Å². The summed E-state index contributed by atoms with van der Waals surface area (Å²) >= 11 is 0. The van der Waals surface area contributed by atoms with Crippen LogP contribution in [-0.2, 0) is 0 Å². The minimum Gasteiger partial charge on any atom is -0.555 e. The molecule has 1 aromatic rings. The number of aromatic nitrogens is 1. The molecule has 0 aliphatic heterocycles. The van der Waals surface area contributed by atoms with Gasteiger partial charge in [-0.25, -0.2) is 4.98 Å². The minimum absolute atomic E-state index is 0.660. The van der Waals surface area contributed by atoms with E-state index in [1.807, 2.05) is 12.1 Å². The van der Waals surface area contributed by atoms with E-state index in [4.69, 9.17) is 4.65 Å². The molecular formula is C5H6BNO. The third-order valence-corrected chi connectivity index (χ3v) is 0.847. The maximum atomic E-state index is 4.80. The Hall–Kier alpha value is -0.985. The molecule has 0 atom stereocenters. The number of nitrogens with zero attached hydrogens (tertiary/aromatic N) is 1. The maximum Gasteiger partial charge on any atom is 0.324 e. The third kappa shape index (κ3) is 0.995. The van der Waals surface area contributed by atoms with Crippen molar-refractivity contribution in [2.24, 2.45) is 0 Å². The van der Waals surface area contributed by atoms with Gasteiger partial charge in [-0.15, -0.1) is 0 Å². The fourth-order valence-corrected chi connectivity index (χ4v) is 0.468. The Morgan fingerprint density at radius 1 is 1.50 bits per heavy atom. The zero-order chi connectivity index (χ0) is 5.82. The molecule has 0 radical (unpaired) electrons. The predicted molar refractivity (Wildman–Crippen MR) is 33.4 cm³/mol. The number of hydrogen-bond donors (Lipinski definition) is 0. The summed E-state index contributed by atoms with van der Waals surface area (Å²) in [4.78, 5) is 3.88. The summed E-state index contributed by atoms with van der Waals surface area (Å²) in [5.41, 5.74) is 0. The lowest BCUT2D eigenvalue weighted by Crippen LogP contribution is -1.85. The molecule has 0 unspecified atom stereocenters. The second-order valence-corrected chi connectivity index (χ2v) is 1.37. The van der Waals surface area contributed by atoms with Gasteiger partial charge in [-0.3, -0.25) is 0 Å². The monoisotopic (exact) mass is 107 g/mol. The van der Waals surface area contributed by atoms with Crippen molar-refractivity contribution in [3.63, 3.8) is 0 Å². The highest BCUT2D eigenvalue weighted by Crippen LogP contribution is 1.99. The first kappa shape index (κ1) is 5.16. The SMILES string of the molecule is BOc1ccccn1. The molecule has 0 saturated carbocycles. The molecule has 0 aromatic carbocycles. The summed E-state index contributed by atoms with van der Waals surface area (Å²) in [5.74, 6) is 0.660. The van der Waals surface area contributed by atoms with Crippen molar-refractivity contribution in [3.05, 3.63) is 24.4 Å². The average Bonchev–Trinajstić information content (AvgIpc) is 1.90. The molecule has 0 fully saturated rings. The molecule has 3 heteroatoms. The van der Waals surface area contributed by atoms with Crippen LogP contribution in [0.25, 0.3) is 0 Å². The third-order valence-electron chi connectivity index (χ3n) is 0.847. The van der Waals surface area contributed by atoms with E-state index in [-0.39, 0.29) is 0 Å². The number of hydrogen-bond acceptors (Lipinski definition) is 2. The van der Waals surface area contributed by atoms with Crippen molar-refractivity contribution >= 4 is 8.05 Å². The van der Waals surface area contributed by atoms with Gasteiger partial charge in [0.1, 0.15) is 0 Å². The first-order valence-electron chi connectivity index (χ1n) is 2.38. The summed E-state index contributed by atoms with van der Waals surface area (Å²) in [6.07, 6.45) is 1.69. The first-order chi connectivity index (χ1) is 3.93. The molecule has 1 aromatic heterocycles. The van der Waals surface area contributed by atoms with Gasteiger partial charge in [0.25, 0.3) is 0 Å². The van der Waals surface area contributed by atoms with Crippen LogP contribution in [0.1, 0.15) is 0 Å². The van der Waals surface area contributed by atoms with Crippen molar-refractivity contribution in [2.75, 3.05) is 0 Å². The molecule has 0 N–H and O–H groups in total. The lowest BCUT2D eigenvalue weighted by molar-refractivity contribution is 0.588. The summed E-state index contributed by atoms with van der Waals surface area (Å²) in [5, 5.41) is 0. The van der Waals surface area contributed by atoms with E-state index in [0.717, 1.165) is 0 Å². The lowest BCUT2D eigenvalue weighted by Gasteiger charge is -1.93. The van der Waals surface area contributed by atoms with Gasteiger partial charge in [0, 0.05) is 6.20 Å². The van der Waals surface area contributed by atoms with Crippen LogP contribution in [0.3, 0.4) is 0 Å². The highest BCUT2D eigenvalue weighted by Gasteiger charge is 1.81. The normalized spacial score (nSPS) is 8.50. The minimum atomic E-state index is 0.660. The maximum absolute atomic E-state index is 4.80. The van der Waals surface area contributed by atoms with Gasteiger partial charge in [-0.1, -0.05) is 6.07 Å². The number of pyridine rings is 1. The van der Waals surface area contributed by atoms with Crippen molar-refractivity contribution < 1.29 is 4.65 Å². The molecule has 2 nitrogen and oxygen atoms in total. The van der Waals surface area contributed by atoms with E-state index >= 15 is 0 Å². The predicted octanol–water partition coefficient (Wildman–Crippen LogP) is 0.00850. The van der Waals surface area contributed by atoms with E-state index in [1.54, 1.807) is 20.3 Å². The number of rotatable bonds is 1. The van der Waals surface area contributed by atoms with Gasteiger partial charge >= 0.3 is 8.05 Å². The van der Waals surface area contributed by atoms with Gasteiger partial charge in [0.15, 0.2) is 5.88 Å². The highest BCUT2D eigenvalue weighted by molar-refractivity contribution is 5.99. The van der Waals surface area contributed by atoms with Crippen molar-refractivity contribution in [1.82, 2.24) is 4.98 Å². The Morgan fingerprint density at radius 2 is 2.38 bits per heavy atom. The van der Waals surface area contributed by atoms with Crippen LogP contribution in [0.4, 0.5) is 0 Å². The standard InChI is InChI=1S/C5H6BNO/c6-8-5-3-1-2-4-7-5/h1-4H,6H2. The molecule has 8 heavy (non-hydrogen) atoms. The second kappa shape index (κ2) is 2.35. The fourth-order valence-electron chi connectivity index (χ4n) is 0.468. The second-order valence-electron chi connectivity index (χ2n) is 1.37. The van der Waals surface area contributed by atoms with Gasteiger partial charge in [-0.05, 0) is 12.1 Å². The van der Waals surface area contributed by atoms with Gasteiger partial charge in [0.05, 0.1) is 0 Å². The van der Waals surface area contributed by atoms with Crippen molar-refractivity contribution in [2.45, 2.75) is 0 Å². The van der Waals surface area contributed by atoms with Crippen LogP contribution < -0.4 is 4.65 Å². The molecule has 1 heterocycles. The topological polar surface area (TPSA) is 22.1 Å². The van der Waals surface area contributed by atoms with E-state index < -0.39 is 0 Å². The highest BCUT2D eigenvalue weighted by atomic mass is 16.4. The zero-order valence-corrected chi connectivity index (χ0v) is 4.66. The lowest BCUT2D eigenvalue weighted by atomic mass is 10.5. The summed E-state index contributed by atoms with van der Waals surface area (Å²) in [6, 6.07) is 5.54. The van der Waals surface area contributed by atoms with Crippen LogP contribution in [0.15, 0.2) is 24.4 Å². The van der Waals surface area contributed by atoms with Crippen LogP contribution >= 0.6 is 0 Å². The smallest absolute Gasteiger partial charge is 0.324 e. The summed E-state index contributed by atoms with van der Waals surface area (Å²) in [7, 11) is 1.60. The van der Waals surface area contributed by atoms with Crippen LogP contribution in [0, 0.1) is 0 Å². The van der Waals surface area contributed by atoms with Crippen molar-refractivity contribution in [3.8, 4) is 5.88 Å². The van der Waals surface area contributed by atoms with Gasteiger partial charge in [-0.2, -0.15) is 0 Å². The molecule has 1 rings (SSSR count). The molecule has 0 bridgehead atoms. The molecule has 0 aliphatic carbocycles. The average molecular weight is 107 g/mol. The molecule has 0 saturated heterocycles. The summed E-state index contributed by atoms with van der Waals surface area (Å²) < 4.78 is 4.80. The Labute approximate surface area is 49.0 Å². The van der Waals surface area contributed by atoms with E-state index in [1.165, 1.54) is 0 Å². The Bertz CT molecular complexity index is 154.